The maximum atomic E-state index is 12.3. The molecule has 0 aliphatic rings. The third kappa shape index (κ3) is 4.41. The van der Waals surface area contributed by atoms with Crippen LogP contribution in [0.5, 0.6) is 5.75 Å². The van der Waals surface area contributed by atoms with Gasteiger partial charge in [0.2, 0.25) is 5.91 Å². The first kappa shape index (κ1) is 18.4. The number of ether oxygens (including phenoxy) is 1. The van der Waals surface area contributed by atoms with Gasteiger partial charge in [-0.2, -0.15) is 0 Å². The zero-order chi connectivity index (χ0) is 19.4. The van der Waals surface area contributed by atoms with Crippen molar-refractivity contribution in [2.75, 3.05) is 12.4 Å². The van der Waals surface area contributed by atoms with Gasteiger partial charge in [-0.05, 0) is 49.1 Å². The summed E-state index contributed by atoms with van der Waals surface area (Å²) in [6, 6.07) is 14.0. The topological polar surface area (TPSA) is 88.3 Å². The lowest BCUT2D eigenvalue weighted by atomic mass is 10.1. The second-order valence-electron chi connectivity index (χ2n) is 6.26. The van der Waals surface area contributed by atoms with E-state index < -0.39 is 0 Å². The zero-order valence-electron chi connectivity index (χ0n) is 15.2. The molecule has 27 heavy (non-hydrogen) atoms. The molecule has 0 spiro atoms. The Labute approximate surface area is 156 Å². The minimum Gasteiger partial charge on any atom is -0.497 e. The SMILES string of the molecule is COc1ccc2cc(CCC(=O)Nc3cccc(C(C)=O)c3)c(=O)[nH]c2c1. The third-order valence-corrected chi connectivity index (χ3v) is 4.30. The number of H-pyrrole nitrogens is 1. The van der Waals surface area contributed by atoms with Gasteiger partial charge in [0, 0.05) is 29.3 Å². The van der Waals surface area contributed by atoms with Crippen molar-refractivity contribution in [3.8, 4) is 5.75 Å². The predicted octanol–water partition coefficient (Wildman–Crippen LogP) is 3.31. The highest BCUT2D eigenvalue weighted by Crippen LogP contribution is 2.19. The maximum Gasteiger partial charge on any atom is 0.251 e. The number of benzene rings is 2. The molecule has 1 amide bonds. The first-order valence-corrected chi connectivity index (χ1v) is 8.57. The number of fused-ring (bicyclic) bond motifs is 1. The molecule has 1 aromatic heterocycles. The number of hydrogen-bond donors (Lipinski definition) is 2. The number of carbonyl (C=O) groups excluding carboxylic acids is 2. The number of aromatic nitrogens is 1. The van der Waals surface area contributed by atoms with E-state index in [2.05, 4.69) is 10.3 Å². The Balaban J connectivity index is 1.70. The maximum absolute atomic E-state index is 12.3. The van der Waals surface area contributed by atoms with Gasteiger partial charge in [-0.25, -0.2) is 0 Å². The van der Waals surface area contributed by atoms with Gasteiger partial charge in [-0.3, -0.25) is 14.4 Å². The van der Waals surface area contributed by atoms with Crippen LogP contribution in [-0.4, -0.2) is 23.8 Å². The summed E-state index contributed by atoms with van der Waals surface area (Å²) in [4.78, 5) is 38.7. The Morgan fingerprint density at radius 1 is 1.11 bits per heavy atom. The molecule has 2 aromatic carbocycles. The minimum absolute atomic E-state index is 0.0644. The van der Waals surface area contributed by atoms with E-state index in [1.165, 1.54) is 6.92 Å². The fourth-order valence-electron chi connectivity index (χ4n) is 2.83. The van der Waals surface area contributed by atoms with Crippen LogP contribution in [0.3, 0.4) is 0 Å². The second-order valence-corrected chi connectivity index (χ2v) is 6.26. The van der Waals surface area contributed by atoms with Crippen molar-refractivity contribution in [2.45, 2.75) is 19.8 Å². The lowest BCUT2D eigenvalue weighted by molar-refractivity contribution is -0.116. The quantitative estimate of drug-likeness (QED) is 0.657. The highest BCUT2D eigenvalue weighted by Gasteiger charge is 2.09. The van der Waals surface area contributed by atoms with Crippen molar-refractivity contribution in [1.82, 2.24) is 4.98 Å². The van der Waals surface area contributed by atoms with Crippen LogP contribution in [0.2, 0.25) is 0 Å². The van der Waals surface area contributed by atoms with Crippen LogP contribution >= 0.6 is 0 Å². The molecule has 138 valence electrons. The fraction of sp³-hybridized carbons (Fsp3) is 0.190. The fourth-order valence-corrected chi connectivity index (χ4v) is 2.83. The monoisotopic (exact) mass is 364 g/mol. The molecule has 0 bridgehead atoms. The molecule has 3 aromatic rings. The van der Waals surface area contributed by atoms with Crippen LogP contribution in [0.25, 0.3) is 10.9 Å². The Bertz CT molecular complexity index is 1070. The summed E-state index contributed by atoms with van der Waals surface area (Å²) in [6.07, 6.45) is 0.477. The minimum atomic E-state index is -0.220. The number of aryl methyl sites for hydroxylation is 1. The molecular formula is C21H20N2O4. The molecule has 6 nitrogen and oxygen atoms in total. The van der Waals surface area contributed by atoms with Gasteiger partial charge < -0.3 is 15.0 Å². The molecule has 2 N–H and O–H groups in total. The van der Waals surface area contributed by atoms with Crippen molar-refractivity contribution in [2.24, 2.45) is 0 Å². The number of ketones is 1. The molecule has 0 fully saturated rings. The highest BCUT2D eigenvalue weighted by molar-refractivity contribution is 5.97. The number of methoxy groups -OCH3 is 1. The second kappa shape index (κ2) is 7.86. The summed E-state index contributed by atoms with van der Waals surface area (Å²) >= 11 is 0. The molecule has 0 saturated carbocycles. The van der Waals surface area contributed by atoms with E-state index >= 15 is 0 Å². The third-order valence-electron chi connectivity index (χ3n) is 4.30. The Kier molecular flexibility index (Phi) is 5.35. The molecule has 1 heterocycles. The highest BCUT2D eigenvalue weighted by atomic mass is 16.5. The standard InChI is InChI=1S/C21H20N2O4/c1-13(24)14-4-3-5-17(11-14)22-20(25)9-7-16-10-15-6-8-18(27-2)12-19(15)23-21(16)26/h3-6,8,10-12H,7,9H2,1-2H3,(H,22,25)(H,23,26). The lowest BCUT2D eigenvalue weighted by Crippen LogP contribution is -2.17. The average Bonchev–Trinajstić information content (AvgIpc) is 2.66. The largest absolute Gasteiger partial charge is 0.497 e. The molecular weight excluding hydrogens is 344 g/mol. The van der Waals surface area contributed by atoms with Crippen molar-refractivity contribution in [1.29, 1.82) is 0 Å². The zero-order valence-corrected chi connectivity index (χ0v) is 15.2. The number of carbonyl (C=O) groups is 2. The molecule has 0 aliphatic carbocycles. The molecule has 0 radical (unpaired) electrons. The Hall–Kier alpha value is -3.41. The molecule has 3 rings (SSSR count). The molecule has 6 heteroatoms. The number of nitrogens with one attached hydrogen (secondary N) is 2. The first-order chi connectivity index (χ1) is 13.0. The van der Waals surface area contributed by atoms with E-state index in [0.29, 0.717) is 34.5 Å². The summed E-state index contributed by atoms with van der Waals surface area (Å²) in [7, 11) is 1.57. The smallest absolute Gasteiger partial charge is 0.251 e. The Morgan fingerprint density at radius 3 is 2.67 bits per heavy atom. The molecule has 0 atom stereocenters. The van der Waals surface area contributed by atoms with Crippen LogP contribution in [0, 0.1) is 0 Å². The van der Waals surface area contributed by atoms with Gasteiger partial charge in [-0.1, -0.05) is 12.1 Å². The van der Waals surface area contributed by atoms with Gasteiger partial charge in [-0.15, -0.1) is 0 Å². The molecule has 0 unspecified atom stereocenters. The number of anilines is 1. The summed E-state index contributed by atoms with van der Waals surface area (Å²) < 4.78 is 5.16. The Morgan fingerprint density at radius 2 is 1.93 bits per heavy atom. The van der Waals surface area contributed by atoms with Crippen LogP contribution in [0.4, 0.5) is 5.69 Å². The van der Waals surface area contributed by atoms with Crippen LogP contribution in [-0.2, 0) is 11.2 Å². The van der Waals surface area contributed by atoms with Gasteiger partial charge >= 0.3 is 0 Å². The van der Waals surface area contributed by atoms with Gasteiger partial charge in [0.25, 0.3) is 5.56 Å². The number of hydrogen-bond acceptors (Lipinski definition) is 4. The number of pyridine rings is 1. The van der Waals surface area contributed by atoms with E-state index in [0.717, 1.165) is 5.39 Å². The number of amides is 1. The van der Waals surface area contributed by atoms with Crippen molar-refractivity contribution in [3.05, 3.63) is 70.0 Å². The van der Waals surface area contributed by atoms with E-state index in [4.69, 9.17) is 4.74 Å². The van der Waals surface area contributed by atoms with E-state index in [9.17, 15) is 14.4 Å². The van der Waals surface area contributed by atoms with Gasteiger partial charge in [0.05, 0.1) is 12.6 Å². The number of Topliss-reactive ketones (excluding diaryl/α,β-unsaturated/α-hetero) is 1. The summed E-state index contributed by atoms with van der Waals surface area (Å²) in [5.74, 6) is 0.383. The van der Waals surface area contributed by atoms with Crippen LogP contribution in [0.1, 0.15) is 29.3 Å². The summed E-state index contributed by atoms with van der Waals surface area (Å²) in [5.41, 5.74) is 2.11. The number of rotatable bonds is 6. The van der Waals surface area contributed by atoms with Crippen molar-refractivity contribution < 1.29 is 14.3 Å². The van der Waals surface area contributed by atoms with E-state index in [1.807, 2.05) is 12.1 Å². The molecule has 0 saturated heterocycles. The molecule has 0 aliphatic heterocycles. The van der Waals surface area contributed by atoms with Crippen molar-refractivity contribution in [3.63, 3.8) is 0 Å². The van der Waals surface area contributed by atoms with E-state index in [-0.39, 0.29) is 23.7 Å². The lowest BCUT2D eigenvalue weighted by Gasteiger charge is -2.07. The van der Waals surface area contributed by atoms with Crippen LogP contribution < -0.4 is 15.6 Å². The summed E-state index contributed by atoms with van der Waals surface area (Å²) in [5, 5.41) is 3.63. The summed E-state index contributed by atoms with van der Waals surface area (Å²) in [6.45, 7) is 1.47. The van der Waals surface area contributed by atoms with Gasteiger partial charge in [0.15, 0.2) is 5.78 Å². The predicted molar refractivity (Wildman–Crippen MR) is 105 cm³/mol. The van der Waals surface area contributed by atoms with Gasteiger partial charge in [0.1, 0.15) is 5.75 Å². The van der Waals surface area contributed by atoms with E-state index in [1.54, 1.807) is 43.5 Å². The van der Waals surface area contributed by atoms with Crippen molar-refractivity contribution >= 4 is 28.3 Å². The van der Waals surface area contributed by atoms with Crippen LogP contribution in [0.15, 0.2) is 53.3 Å². The first-order valence-electron chi connectivity index (χ1n) is 8.57. The average molecular weight is 364 g/mol. The normalized spacial score (nSPS) is 10.6. The number of aromatic amines is 1.